The first-order chi connectivity index (χ1) is 7.27. The van der Waals surface area contributed by atoms with E-state index in [4.69, 9.17) is 32.7 Å². The Labute approximate surface area is 99.3 Å². The molecule has 0 N–H and O–H groups in total. The number of rotatable bonds is 6. The molecule has 0 aromatic carbocycles. The number of hydrogen-bond donors (Lipinski definition) is 0. The van der Waals surface area contributed by atoms with E-state index in [0.29, 0.717) is 30.0 Å². The van der Waals surface area contributed by atoms with Crippen molar-refractivity contribution in [1.82, 2.24) is 4.98 Å². The minimum Gasteiger partial charge on any atom is -0.477 e. The zero-order chi connectivity index (χ0) is 11.1. The van der Waals surface area contributed by atoms with Gasteiger partial charge < -0.3 is 9.47 Å². The van der Waals surface area contributed by atoms with Crippen LogP contribution in [-0.4, -0.2) is 25.3 Å². The highest BCUT2D eigenvalue weighted by atomic mass is 35.5. The Morgan fingerprint density at radius 2 is 2.20 bits per heavy atom. The molecule has 0 saturated heterocycles. The fourth-order valence-corrected chi connectivity index (χ4v) is 1.41. The highest BCUT2D eigenvalue weighted by Crippen LogP contribution is 2.23. The predicted molar refractivity (Wildman–Crippen MR) is 60.8 cm³/mol. The molecular weight excluding hydrogens is 237 g/mol. The second-order valence-corrected chi connectivity index (χ2v) is 3.63. The van der Waals surface area contributed by atoms with Gasteiger partial charge in [-0.25, -0.2) is 4.98 Å². The van der Waals surface area contributed by atoms with Crippen molar-refractivity contribution in [1.29, 1.82) is 0 Å². The molecule has 1 rings (SSSR count). The van der Waals surface area contributed by atoms with Gasteiger partial charge in [0.15, 0.2) is 0 Å². The van der Waals surface area contributed by atoms with Crippen molar-refractivity contribution in [3.63, 3.8) is 0 Å². The van der Waals surface area contributed by atoms with Gasteiger partial charge in [0.2, 0.25) is 5.88 Å². The maximum Gasteiger partial charge on any atom is 0.232 e. The third-order valence-electron chi connectivity index (χ3n) is 1.75. The van der Waals surface area contributed by atoms with Crippen molar-refractivity contribution < 1.29 is 9.47 Å². The van der Waals surface area contributed by atoms with E-state index in [0.717, 1.165) is 12.0 Å². The van der Waals surface area contributed by atoms with Crippen LogP contribution in [0.15, 0.2) is 12.3 Å². The fourth-order valence-electron chi connectivity index (χ4n) is 1.02. The summed E-state index contributed by atoms with van der Waals surface area (Å²) in [7, 11) is 1.65. The van der Waals surface area contributed by atoms with E-state index in [1.54, 1.807) is 19.4 Å². The highest BCUT2D eigenvalue weighted by molar-refractivity contribution is 6.32. The Bertz CT molecular complexity index is 307. The molecule has 0 fully saturated rings. The summed E-state index contributed by atoms with van der Waals surface area (Å²) in [4.78, 5) is 4.07. The summed E-state index contributed by atoms with van der Waals surface area (Å²) in [5.74, 6) is 0.845. The number of nitrogens with zero attached hydrogens (tertiary/aromatic N) is 1. The highest BCUT2D eigenvalue weighted by Gasteiger charge is 2.04. The predicted octanol–water partition coefficient (Wildman–Crippen LogP) is 2.89. The largest absolute Gasteiger partial charge is 0.477 e. The normalized spacial score (nSPS) is 10.3. The summed E-state index contributed by atoms with van der Waals surface area (Å²) in [6, 6.07) is 1.76. The molecule has 0 aliphatic heterocycles. The van der Waals surface area contributed by atoms with E-state index < -0.39 is 0 Å². The van der Waals surface area contributed by atoms with Crippen molar-refractivity contribution >= 4 is 23.2 Å². The Hall–Kier alpha value is -0.510. The van der Waals surface area contributed by atoms with Crippen molar-refractivity contribution in [3.05, 3.63) is 22.8 Å². The molecule has 0 bridgehead atoms. The SMILES string of the molecule is COCCCOc1ncc(CCl)cc1Cl. The summed E-state index contributed by atoms with van der Waals surface area (Å²) < 4.78 is 10.3. The van der Waals surface area contributed by atoms with Crippen LogP contribution in [0, 0.1) is 0 Å². The van der Waals surface area contributed by atoms with Gasteiger partial charge in [0.1, 0.15) is 5.02 Å². The van der Waals surface area contributed by atoms with E-state index in [-0.39, 0.29) is 0 Å². The Morgan fingerprint density at radius 3 is 2.80 bits per heavy atom. The number of pyridine rings is 1. The first-order valence-electron chi connectivity index (χ1n) is 4.60. The molecule has 1 aromatic rings. The molecule has 5 heteroatoms. The van der Waals surface area contributed by atoms with Crippen LogP contribution < -0.4 is 4.74 Å². The van der Waals surface area contributed by atoms with Crippen molar-refractivity contribution in [2.75, 3.05) is 20.3 Å². The van der Waals surface area contributed by atoms with Crippen LogP contribution in [0.1, 0.15) is 12.0 Å². The second-order valence-electron chi connectivity index (χ2n) is 2.96. The third kappa shape index (κ3) is 4.24. The van der Waals surface area contributed by atoms with Gasteiger partial charge in [-0.1, -0.05) is 11.6 Å². The van der Waals surface area contributed by atoms with Gasteiger partial charge in [-0.15, -0.1) is 11.6 Å². The molecule has 84 valence electrons. The fraction of sp³-hybridized carbons (Fsp3) is 0.500. The molecule has 0 unspecified atom stereocenters. The van der Waals surface area contributed by atoms with Crippen LogP contribution in [0.4, 0.5) is 0 Å². The quantitative estimate of drug-likeness (QED) is 0.574. The van der Waals surface area contributed by atoms with Crippen LogP contribution in [0.25, 0.3) is 0 Å². The zero-order valence-electron chi connectivity index (χ0n) is 8.50. The maximum atomic E-state index is 5.94. The summed E-state index contributed by atoms with van der Waals surface area (Å²) in [6.07, 6.45) is 2.47. The molecule has 0 radical (unpaired) electrons. The molecule has 0 spiro atoms. The van der Waals surface area contributed by atoms with Crippen molar-refractivity contribution in [3.8, 4) is 5.88 Å². The van der Waals surface area contributed by atoms with Gasteiger partial charge >= 0.3 is 0 Å². The Morgan fingerprint density at radius 1 is 1.40 bits per heavy atom. The smallest absolute Gasteiger partial charge is 0.232 e. The monoisotopic (exact) mass is 249 g/mol. The molecule has 0 saturated carbocycles. The number of alkyl halides is 1. The Balaban J connectivity index is 2.47. The standard InChI is InChI=1S/C10H13Cl2NO2/c1-14-3-2-4-15-10-9(12)5-8(6-11)7-13-10/h5,7H,2-4,6H2,1H3. The van der Waals surface area contributed by atoms with Crippen molar-refractivity contribution in [2.45, 2.75) is 12.3 Å². The van der Waals surface area contributed by atoms with E-state index in [1.165, 1.54) is 0 Å². The van der Waals surface area contributed by atoms with Crippen LogP contribution >= 0.6 is 23.2 Å². The van der Waals surface area contributed by atoms with Crippen LogP contribution in [0.3, 0.4) is 0 Å². The average Bonchev–Trinajstić information content (AvgIpc) is 2.26. The van der Waals surface area contributed by atoms with Crippen LogP contribution in [0.2, 0.25) is 5.02 Å². The minimum atomic E-state index is 0.399. The zero-order valence-corrected chi connectivity index (χ0v) is 10.0. The summed E-state index contributed by atoms with van der Waals surface area (Å²) in [5, 5.41) is 0.491. The Kier molecular flexibility index (Phi) is 5.76. The van der Waals surface area contributed by atoms with Crippen LogP contribution in [0.5, 0.6) is 5.88 Å². The minimum absolute atomic E-state index is 0.399. The lowest BCUT2D eigenvalue weighted by molar-refractivity contribution is 0.170. The maximum absolute atomic E-state index is 5.94. The van der Waals surface area contributed by atoms with E-state index in [9.17, 15) is 0 Å². The lowest BCUT2D eigenvalue weighted by Crippen LogP contribution is -2.03. The van der Waals surface area contributed by atoms with E-state index in [1.807, 2.05) is 0 Å². The van der Waals surface area contributed by atoms with Gasteiger partial charge in [0.25, 0.3) is 0 Å². The first kappa shape index (κ1) is 12.6. The number of hydrogen-bond acceptors (Lipinski definition) is 3. The number of ether oxygens (including phenoxy) is 2. The second kappa shape index (κ2) is 6.88. The molecule has 0 aliphatic carbocycles. The average molecular weight is 250 g/mol. The number of aromatic nitrogens is 1. The van der Waals surface area contributed by atoms with Crippen LogP contribution in [-0.2, 0) is 10.6 Å². The third-order valence-corrected chi connectivity index (χ3v) is 2.33. The molecule has 0 atom stereocenters. The molecule has 15 heavy (non-hydrogen) atoms. The summed E-state index contributed by atoms with van der Waals surface area (Å²) in [6.45, 7) is 1.21. The summed E-state index contributed by atoms with van der Waals surface area (Å²) >= 11 is 11.6. The van der Waals surface area contributed by atoms with Gasteiger partial charge in [-0.2, -0.15) is 0 Å². The first-order valence-corrected chi connectivity index (χ1v) is 5.51. The van der Waals surface area contributed by atoms with Gasteiger partial charge in [0, 0.05) is 32.2 Å². The van der Waals surface area contributed by atoms with Gasteiger partial charge in [0.05, 0.1) is 6.61 Å². The van der Waals surface area contributed by atoms with Gasteiger partial charge in [-0.3, -0.25) is 0 Å². The lowest BCUT2D eigenvalue weighted by Gasteiger charge is -2.07. The summed E-state index contributed by atoms with van der Waals surface area (Å²) in [5.41, 5.74) is 0.880. The molecule has 1 heterocycles. The van der Waals surface area contributed by atoms with Gasteiger partial charge in [-0.05, 0) is 11.6 Å². The van der Waals surface area contributed by atoms with E-state index >= 15 is 0 Å². The van der Waals surface area contributed by atoms with E-state index in [2.05, 4.69) is 4.98 Å². The molecule has 0 aliphatic rings. The topological polar surface area (TPSA) is 31.4 Å². The molecule has 1 aromatic heterocycles. The van der Waals surface area contributed by atoms with Crippen molar-refractivity contribution in [2.24, 2.45) is 0 Å². The molecular formula is C10H13Cl2NO2. The number of methoxy groups -OCH3 is 1. The number of halogens is 2. The lowest BCUT2D eigenvalue weighted by atomic mass is 10.3. The molecule has 0 amide bonds. The molecule has 3 nitrogen and oxygen atoms in total.